The Morgan fingerprint density at radius 3 is 2.70 bits per heavy atom. The molecule has 4 atom stereocenters. The number of aliphatic hydroxyl groups is 1. The third kappa shape index (κ3) is 9.21. The number of allylic oxidation sites excluding steroid dienone is 5. The van der Waals surface area contributed by atoms with Gasteiger partial charge in [0.15, 0.2) is 5.78 Å². The summed E-state index contributed by atoms with van der Waals surface area (Å²) in [6.07, 6.45) is 15.7. The first-order valence-electron chi connectivity index (χ1n) is 11.3. The minimum absolute atomic E-state index is 0.00357. The monoisotopic (exact) mass is 418 g/mol. The first-order chi connectivity index (χ1) is 14.4. The summed E-state index contributed by atoms with van der Waals surface area (Å²) >= 11 is 0. The van der Waals surface area contributed by atoms with Crippen molar-refractivity contribution in [3.8, 4) is 0 Å². The first-order valence-corrected chi connectivity index (χ1v) is 11.3. The number of rotatable bonds is 15. The van der Waals surface area contributed by atoms with Crippen molar-refractivity contribution >= 4 is 17.5 Å². The Balaban J connectivity index is 2.43. The van der Waals surface area contributed by atoms with Crippen LogP contribution in [0.2, 0.25) is 0 Å². The number of esters is 1. The van der Waals surface area contributed by atoms with Gasteiger partial charge in [0.2, 0.25) is 6.10 Å². The van der Waals surface area contributed by atoms with Crippen LogP contribution in [-0.4, -0.2) is 35.4 Å². The van der Waals surface area contributed by atoms with Gasteiger partial charge in [-0.3, -0.25) is 9.59 Å². The van der Waals surface area contributed by atoms with Crippen LogP contribution in [0.3, 0.4) is 0 Å². The van der Waals surface area contributed by atoms with E-state index in [-0.39, 0.29) is 24.9 Å². The number of carbonyl (C=O) groups is 3. The standard InChI is InChI=1S/C25H38O5/c1-4-7-12-19(5-2)13-11-14-20-17-18-22(26)21(20)15-9-8-10-16-23(27)24(28)25(29)30-6-3/h5,8-9,11,14,19-21,24,28H,2,4,6-7,10,12-13,15-18H2,1,3H3/t19-,20+,21-,24?/m1/s1. The van der Waals surface area contributed by atoms with E-state index in [0.29, 0.717) is 31.0 Å². The molecule has 0 heterocycles. The molecule has 1 N–H and O–H groups in total. The molecule has 0 radical (unpaired) electrons. The van der Waals surface area contributed by atoms with Crippen molar-refractivity contribution in [3.05, 3.63) is 37.0 Å². The van der Waals surface area contributed by atoms with E-state index in [1.807, 2.05) is 18.2 Å². The largest absolute Gasteiger partial charge is 0.464 e. The van der Waals surface area contributed by atoms with E-state index in [0.717, 1.165) is 19.3 Å². The number of Topliss-reactive ketones (excluding diaryl/α,β-unsaturated/α-hetero) is 2. The second-order valence-corrected chi connectivity index (χ2v) is 7.94. The van der Waals surface area contributed by atoms with Gasteiger partial charge in [-0.25, -0.2) is 4.79 Å². The van der Waals surface area contributed by atoms with E-state index < -0.39 is 17.9 Å². The predicted octanol–water partition coefficient (Wildman–Crippen LogP) is 4.74. The summed E-state index contributed by atoms with van der Waals surface area (Å²) in [5.41, 5.74) is 0. The third-order valence-electron chi connectivity index (χ3n) is 5.67. The fourth-order valence-corrected chi connectivity index (χ4v) is 3.77. The highest BCUT2D eigenvalue weighted by Crippen LogP contribution is 2.33. The SMILES string of the molecule is C=C[C@@H](CC=C[C@H]1CCC(=O)[C@@H]1CC=CCCC(=O)C(O)C(=O)OCC)CCCC. The zero-order valence-electron chi connectivity index (χ0n) is 18.6. The minimum Gasteiger partial charge on any atom is -0.464 e. The number of hydrogen-bond acceptors (Lipinski definition) is 5. The molecule has 0 spiro atoms. The maximum absolute atomic E-state index is 12.3. The molecule has 30 heavy (non-hydrogen) atoms. The third-order valence-corrected chi connectivity index (χ3v) is 5.67. The summed E-state index contributed by atoms with van der Waals surface area (Å²) in [6.45, 7) is 7.87. The molecule has 1 rings (SSSR count). The van der Waals surface area contributed by atoms with Crippen molar-refractivity contribution in [1.82, 2.24) is 0 Å². The van der Waals surface area contributed by atoms with E-state index in [2.05, 4.69) is 30.4 Å². The molecular formula is C25H38O5. The molecule has 1 aliphatic rings. The second-order valence-electron chi connectivity index (χ2n) is 7.94. The number of ether oxygens (including phenoxy) is 1. The van der Waals surface area contributed by atoms with E-state index in [9.17, 15) is 19.5 Å². The first kappa shape index (κ1) is 26.0. The molecule has 1 unspecified atom stereocenters. The van der Waals surface area contributed by atoms with Crippen molar-refractivity contribution in [1.29, 1.82) is 0 Å². The Bertz CT molecular complexity index is 619. The van der Waals surface area contributed by atoms with Crippen LogP contribution in [-0.2, 0) is 19.1 Å². The smallest absolute Gasteiger partial charge is 0.342 e. The van der Waals surface area contributed by atoms with Gasteiger partial charge in [-0.15, -0.1) is 6.58 Å². The minimum atomic E-state index is -1.71. The van der Waals surface area contributed by atoms with Crippen molar-refractivity contribution in [2.24, 2.45) is 17.8 Å². The van der Waals surface area contributed by atoms with Crippen molar-refractivity contribution in [3.63, 3.8) is 0 Å². The highest BCUT2D eigenvalue weighted by atomic mass is 16.5. The van der Waals surface area contributed by atoms with Gasteiger partial charge >= 0.3 is 5.97 Å². The van der Waals surface area contributed by atoms with Gasteiger partial charge in [0.05, 0.1) is 6.61 Å². The lowest BCUT2D eigenvalue weighted by Crippen LogP contribution is -2.31. The van der Waals surface area contributed by atoms with Crippen LogP contribution in [0, 0.1) is 17.8 Å². The van der Waals surface area contributed by atoms with Gasteiger partial charge in [0, 0.05) is 18.8 Å². The summed E-state index contributed by atoms with van der Waals surface area (Å²) in [7, 11) is 0. The van der Waals surface area contributed by atoms with Crippen LogP contribution in [0.1, 0.15) is 71.6 Å². The zero-order valence-corrected chi connectivity index (χ0v) is 18.6. The summed E-state index contributed by atoms with van der Waals surface area (Å²) in [5.74, 6) is -0.377. The van der Waals surface area contributed by atoms with E-state index in [1.165, 1.54) is 12.8 Å². The fourth-order valence-electron chi connectivity index (χ4n) is 3.77. The number of carbonyl (C=O) groups excluding carboxylic acids is 3. The maximum atomic E-state index is 12.3. The highest BCUT2D eigenvalue weighted by Gasteiger charge is 2.31. The molecule has 0 bridgehead atoms. The topological polar surface area (TPSA) is 80.7 Å². The molecular weight excluding hydrogens is 380 g/mol. The lowest BCUT2D eigenvalue weighted by molar-refractivity contribution is -0.157. The Hall–Kier alpha value is -2.01. The van der Waals surface area contributed by atoms with Gasteiger partial charge in [-0.2, -0.15) is 0 Å². The number of hydrogen-bond donors (Lipinski definition) is 1. The van der Waals surface area contributed by atoms with Gasteiger partial charge < -0.3 is 9.84 Å². The number of ketones is 2. The van der Waals surface area contributed by atoms with Crippen molar-refractivity contribution < 1.29 is 24.2 Å². The summed E-state index contributed by atoms with van der Waals surface area (Å²) in [5, 5.41) is 9.60. The molecule has 1 saturated carbocycles. The summed E-state index contributed by atoms with van der Waals surface area (Å²) < 4.78 is 4.64. The molecule has 0 amide bonds. The Labute approximate surface area is 181 Å². The predicted molar refractivity (Wildman–Crippen MR) is 119 cm³/mol. The Morgan fingerprint density at radius 1 is 1.27 bits per heavy atom. The molecule has 168 valence electrons. The summed E-state index contributed by atoms with van der Waals surface area (Å²) in [4.78, 5) is 35.4. The van der Waals surface area contributed by atoms with Gasteiger partial charge in [-0.1, -0.05) is 50.1 Å². The summed E-state index contributed by atoms with van der Waals surface area (Å²) in [6, 6.07) is 0. The Morgan fingerprint density at radius 2 is 2.03 bits per heavy atom. The van der Waals surface area contributed by atoms with E-state index >= 15 is 0 Å². The molecule has 5 heteroatoms. The molecule has 5 nitrogen and oxygen atoms in total. The lowest BCUT2D eigenvalue weighted by Gasteiger charge is -2.14. The van der Waals surface area contributed by atoms with Crippen LogP contribution in [0.25, 0.3) is 0 Å². The van der Waals surface area contributed by atoms with E-state index in [1.54, 1.807) is 6.92 Å². The van der Waals surface area contributed by atoms with Crippen molar-refractivity contribution in [2.75, 3.05) is 6.61 Å². The van der Waals surface area contributed by atoms with Gasteiger partial charge in [-0.05, 0) is 50.9 Å². The molecule has 1 fully saturated rings. The molecule has 0 aromatic rings. The molecule has 0 aromatic heterocycles. The van der Waals surface area contributed by atoms with Crippen LogP contribution >= 0.6 is 0 Å². The second kappa shape index (κ2) is 14.9. The normalized spacial score (nSPS) is 21.2. The Kier molecular flexibility index (Phi) is 12.9. The quantitative estimate of drug-likeness (QED) is 0.236. The average molecular weight is 419 g/mol. The fraction of sp³-hybridized carbons (Fsp3) is 0.640. The van der Waals surface area contributed by atoms with Crippen LogP contribution in [0.4, 0.5) is 0 Å². The number of aliphatic hydroxyl groups excluding tert-OH is 1. The number of unbranched alkanes of at least 4 members (excludes halogenated alkanes) is 1. The van der Waals surface area contributed by atoms with Crippen LogP contribution in [0.5, 0.6) is 0 Å². The van der Waals surface area contributed by atoms with Gasteiger partial charge in [0.1, 0.15) is 5.78 Å². The highest BCUT2D eigenvalue weighted by molar-refractivity contribution is 6.01. The van der Waals surface area contributed by atoms with Crippen LogP contribution < -0.4 is 0 Å². The van der Waals surface area contributed by atoms with Crippen LogP contribution in [0.15, 0.2) is 37.0 Å². The molecule has 0 aliphatic heterocycles. The van der Waals surface area contributed by atoms with E-state index in [4.69, 9.17) is 0 Å². The molecule has 0 saturated heterocycles. The average Bonchev–Trinajstić information content (AvgIpc) is 3.09. The molecule has 0 aromatic carbocycles. The maximum Gasteiger partial charge on any atom is 0.342 e. The zero-order chi connectivity index (χ0) is 22.4. The lowest BCUT2D eigenvalue weighted by atomic mass is 9.90. The van der Waals surface area contributed by atoms with Crippen molar-refractivity contribution in [2.45, 2.75) is 77.7 Å². The molecule has 1 aliphatic carbocycles. The van der Waals surface area contributed by atoms with Gasteiger partial charge in [0.25, 0.3) is 0 Å².